The monoisotopic (exact) mass is 246 g/mol. The predicted octanol–water partition coefficient (Wildman–Crippen LogP) is 3.48. The Kier molecular flexibility index (Phi) is 2.62. The van der Waals surface area contributed by atoms with Crippen LogP contribution >= 0.6 is 0 Å². The van der Waals surface area contributed by atoms with Gasteiger partial charge in [0.1, 0.15) is 11.8 Å². The van der Waals surface area contributed by atoms with Crippen LogP contribution in [0.2, 0.25) is 0 Å². The number of phenols is 1. The fourth-order valence-electron chi connectivity index (χ4n) is 2.17. The first-order valence-electron chi connectivity index (χ1n) is 5.86. The number of nitriles is 1. The highest BCUT2D eigenvalue weighted by atomic mass is 16.3. The van der Waals surface area contributed by atoms with E-state index >= 15 is 0 Å². The number of aromatic hydroxyl groups is 1. The topological polar surface area (TPSA) is 56.9 Å². The second kappa shape index (κ2) is 4.43. The molecule has 0 aliphatic carbocycles. The Bertz CT molecular complexity index is 798. The molecule has 0 aliphatic heterocycles. The molecule has 3 heteroatoms. The summed E-state index contributed by atoms with van der Waals surface area (Å²) in [6.07, 6.45) is 3.56. The number of pyridine rings is 1. The molecule has 0 fully saturated rings. The van der Waals surface area contributed by atoms with E-state index in [9.17, 15) is 5.11 Å². The molecule has 1 aromatic heterocycles. The van der Waals surface area contributed by atoms with Gasteiger partial charge in [0.2, 0.25) is 0 Å². The molecular weight excluding hydrogens is 236 g/mol. The van der Waals surface area contributed by atoms with Gasteiger partial charge in [-0.05, 0) is 34.7 Å². The van der Waals surface area contributed by atoms with Crippen molar-refractivity contribution in [3.05, 3.63) is 60.4 Å². The summed E-state index contributed by atoms with van der Waals surface area (Å²) in [5.74, 6) is 0.00755. The van der Waals surface area contributed by atoms with Gasteiger partial charge >= 0.3 is 0 Å². The Morgan fingerprint density at radius 1 is 1.11 bits per heavy atom. The van der Waals surface area contributed by atoms with Crippen LogP contribution in [0.1, 0.15) is 5.56 Å². The molecule has 0 saturated heterocycles. The summed E-state index contributed by atoms with van der Waals surface area (Å²) in [6, 6.07) is 14.9. The average Bonchev–Trinajstić information content (AvgIpc) is 2.47. The van der Waals surface area contributed by atoms with Gasteiger partial charge in [-0.3, -0.25) is 4.98 Å². The summed E-state index contributed by atoms with van der Waals surface area (Å²) in [5, 5.41) is 20.7. The highest BCUT2D eigenvalue weighted by Gasteiger charge is 2.07. The van der Waals surface area contributed by atoms with E-state index in [0.717, 1.165) is 21.9 Å². The van der Waals surface area contributed by atoms with Gasteiger partial charge in [0.15, 0.2) is 0 Å². The summed E-state index contributed by atoms with van der Waals surface area (Å²) >= 11 is 0. The maximum Gasteiger partial charge on any atom is 0.133 e. The number of hydrogen-bond donors (Lipinski definition) is 1. The zero-order valence-electron chi connectivity index (χ0n) is 10.0. The summed E-state index contributed by atoms with van der Waals surface area (Å²) < 4.78 is 0. The normalized spacial score (nSPS) is 10.3. The van der Waals surface area contributed by atoms with Crippen molar-refractivity contribution in [3.8, 4) is 22.9 Å². The van der Waals surface area contributed by atoms with Crippen molar-refractivity contribution < 1.29 is 5.11 Å². The number of rotatable bonds is 1. The maximum absolute atomic E-state index is 9.56. The molecule has 1 N–H and O–H groups in total. The number of phenolic OH excluding ortho intramolecular Hbond substituents is 1. The molecule has 3 nitrogen and oxygen atoms in total. The quantitative estimate of drug-likeness (QED) is 0.715. The summed E-state index contributed by atoms with van der Waals surface area (Å²) in [6.45, 7) is 0. The zero-order valence-corrected chi connectivity index (χ0v) is 10.0. The van der Waals surface area contributed by atoms with Crippen molar-refractivity contribution in [2.75, 3.05) is 0 Å². The molecule has 2 aromatic carbocycles. The first-order chi connectivity index (χ1) is 9.29. The third-order valence-corrected chi connectivity index (χ3v) is 3.11. The van der Waals surface area contributed by atoms with E-state index < -0.39 is 0 Å². The lowest BCUT2D eigenvalue weighted by atomic mass is 9.98. The molecule has 0 unspecified atom stereocenters. The van der Waals surface area contributed by atoms with E-state index in [1.54, 1.807) is 18.3 Å². The van der Waals surface area contributed by atoms with Crippen molar-refractivity contribution in [2.24, 2.45) is 0 Å². The second-order valence-corrected chi connectivity index (χ2v) is 4.25. The van der Waals surface area contributed by atoms with Crippen molar-refractivity contribution in [1.29, 1.82) is 5.26 Å². The third kappa shape index (κ3) is 1.90. The lowest BCUT2D eigenvalue weighted by Crippen LogP contribution is -1.84. The van der Waals surface area contributed by atoms with Crippen LogP contribution in [0.25, 0.3) is 21.9 Å². The van der Waals surface area contributed by atoms with Crippen LogP contribution in [0.3, 0.4) is 0 Å². The molecule has 90 valence electrons. The van der Waals surface area contributed by atoms with Gasteiger partial charge in [0, 0.05) is 17.8 Å². The minimum Gasteiger partial charge on any atom is -0.507 e. The largest absolute Gasteiger partial charge is 0.507 e. The van der Waals surface area contributed by atoms with Gasteiger partial charge in [-0.25, -0.2) is 0 Å². The van der Waals surface area contributed by atoms with Crippen molar-refractivity contribution in [2.45, 2.75) is 0 Å². The predicted molar refractivity (Wildman–Crippen MR) is 73.6 cm³/mol. The maximum atomic E-state index is 9.56. The lowest BCUT2D eigenvalue weighted by molar-refractivity contribution is 0.473. The van der Waals surface area contributed by atoms with E-state index in [2.05, 4.69) is 4.98 Å². The highest BCUT2D eigenvalue weighted by molar-refractivity contribution is 5.96. The van der Waals surface area contributed by atoms with Gasteiger partial charge < -0.3 is 5.11 Å². The van der Waals surface area contributed by atoms with Crippen molar-refractivity contribution in [3.63, 3.8) is 0 Å². The van der Waals surface area contributed by atoms with Crippen LogP contribution in [0.15, 0.2) is 54.9 Å². The Morgan fingerprint density at radius 2 is 2.00 bits per heavy atom. The van der Waals surface area contributed by atoms with Crippen LogP contribution in [0, 0.1) is 11.3 Å². The van der Waals surface area contributed by atoms with Crippen LogP contribution < -0.4 is 0 Å². The van der Waals surface area contributed by atoms with Gasteiger partial charge in [0.25, 0.3) is 0 Å². The van der Waals surface area contributed by atoms with E-state index in [1.165, 1.54) is 0 Å². The van der Waals surface area contributed by atoms with E-state index in [0.29, 0.717) is 0 Å². The SMILES string of the molecule is N#Cc1cc(-c2cccc3cnccc23)ccc1O. The first-order valence-corrected chi connectivity index (χ1v) is 5.86. The first kappa shape index (κ1) is 11.2. The molecule has 0 saturated carbocycles. The number of benzene rings is 2. The molecule has 0 radical (unpaired) electrons. The zero-order chi connectivity index (χ0) is 13.2. The molecule has 0 aliphatic rings. The van der Waals surface area contributed by atoms with Crippen LogP contribution in [0.5, 0.6) is 5.75 Å². The number of fused-ring (bicyclic) bond motifs is 1. The number of aromatic nitrogens is 1. The highest BCUT2D eigenvalue weighted by Crippen LogP contribution is 2.30. The molecule has 0 bridgehead atoms. The van der Waals surface area contributed by atoms with Gasteiger partial charge in [-0.1, -0.05) is 24.3 Å². The Labute approximate surface area is 110 Å². The average molecular weight is 246 g/mol. The van der Waals surface area contributed by atoms with E-state index in [1.807, 2.05) is 42.6 Å². The minimum absolute atomic E-state index is 0.00755. The third-order valence-electron chi connectivity index (χ3n) is 3.11. The van der Waals surface area contributed by atoms with Gasteiger partial charge in [-0.15, -0.1) is 0 Å². The second-order valence-electron chi connectivity index (χ2n) is 4.25. The van der Waals surface area contributed by atoms with Crippen LogP contribution in [0.4, 0.5) is 0 Å². The smallest absolute Gasteiger partial charge is 0.133 e. The van der Waals surface area contributed by atoms with E-state index in [4.69, 9.17) is 5.26 Å². The summed E-state index contributed by atoms with van der Waals surface area (Å²) in [7, 11) is 0. The van der Waals surface area contributed by atoms with Crippen molar-refractivity contribution >= 4 is 10.8 Å². The van der Waals surface area contributed by atoms with Crippen LogP contribution in [-0.2, 0) is 0 Å². The fourth-order valence-corrected chi connectivity index (χ4v) is 2.17. The number of nitrogens with zero attached hydrogens (tertiary/aromatic N) is 2. The minimum atomic E-state index is 0.00755. The molecule has 0 amide bonds. The van der Waals surface area contributed by atoms with Gasteiger partial charge in [-0.2, -0.15) is 5.26 Å². The van der Waals surface area contributed by atoms with Crippen LogP contribution in [-0.4, -0.2) is 10.1 Å². The molecule has 1 heterocycles. The molecule has 19 heavy (non-hydrogen) atoms. The van der Waals surface area contributed by atoms with Gasteiger partial charge in [0.05, 0.1) is 5.56 Å². The molecule has 0 atom stereocenters. The number of hydrogen-bond acceptors (Lipinski definition) is 3. The lowest BCUT2D eigenvalue weighted by Gasteiger charge is -2.07. The molecule has 3 aromatic rings. The summed E-state index contributed by atoms with van der Waals surface area (Å²) in [5.41, 5.74) is 2.21. The standard InChI is InChI=1S/C16H10N2O/c17-9-13-8-11(4-5-16(13)19)14-3-1-2-12-10-18-7-6-15(12)14/h1-8,10,19H. The van der Waals surface area contributed by atoms with E-state index in [-0.39, 0.29) is 11.3 Å². The summed E-state index contributed by atoms with van der Waals surface area (Å²) in [4.78, 5) is 4.10. The molecular formula is C16H10N2O. The Balaban J connectivity index is 2.28. The Hall–Kier alpha value is -2.86. The fraction of sp³-hybridized carbons (Fsp3) is 0. The molecule has 0 spiro atoms. The molecule has 3 rings (SSSR count). The van der Waals surface area contributed by atoms with Crippen molar-refractivity contribution in [1.82, 2.24) is 4.98 Å². The Morgan fingerprint density at radius 3 is 2.84 bits per heavy atom.